The van der Waals surface area contributed by atoms with E-state index in [0.29, 0.717) is 19.3 Å². The number of unbranched alkanes of at least 4 members (excludes halogenated alkanes) is 25. The van der Waals surface area contributed by atoms with Gasteiger partial charge in [-0.05, 0) is 64.2 Å². The summed E-state index contributed by atoms with van der Waals surface area (Å²) in [5, 5.41) is 0. The van der Waals surface area contributed by atoms with Crippen LogP contribution in [0.5, 0.6) is 0 Å². The van der Waals surface area contributed by atoms with Crippen LogP contribution in [0.15, 0.2) is 36.5 Å². The lowest BCUT2D eigenvalue weighted by Gasteiger charge is -2.18. The summed E-state index contributed by atoms with van der Waals surface area (Å²) in [6.07, 6.45) is 48.4. The molecule has 314 valence electrons. The number of rotatable bonds is 41. The van der Waals surface area contributed by atoms with Crippen LogP contribution in [0.1, 0.15) is 233 Å². The molecule has 0 spiro atoms. The van der Waals surface area contributed by atoms with Crippen molar-refractivity contribution in [3.63, 3.8) is 0 Å². The second-order valence-electron chi connectivity index (χ2n) is 15.3. The smallest absolute Gasteiger partial charge is 0.306 e. The molecule has 0 aromatic rings. The highest BCUT2D eigenvalue weighted by Crippen LogP contribution is 2.14. The normalized spacial score (nSPS) is 12.3. The van der Waals surface area contributed by atoms with Crippen molar-refractivity contribution in [2.45, 2.75) is 239 Å². The minimum absolute atomic E-state index is 0.0866. The maximum absolute atomic E-state index is 12.7. The molecule has 0 aliphatic rings. The van der Waals surface area contributed by atoms with E-state index in [-0.39, 0.29) is 31.1 Å². The van der Waals surface area contributed by atoms with Crippen molar-refractivity contribution >= 4 is 17.9 Å². The van der Waals surface area contributed by atoms with Gasteiger partial charge in [-0.3, -0.25) is 14.4 Å². The van der Waals surface area contributed by atoms with E-state index in [0.717, 1.165) is 83.5 Å². The maximum atomic E-state index is 12.7. The van der Waals surface area contributed by atoms with Gasteiger partial charge in [0, 0.05) is 19.3 Å². The van der Waals surface area contributed by atoms with Crippen molar-refractivity contribution in [2.75, 3.05) is 13.2 Å². The van der Waals surface area contributed by atoms with Gasteiger partial charge in [-0.25, -0.2) is 0 Å². The van der Waals surface area contributed by atoms with Crippen LogP contribution in [0.2, 0.25) is 0 Å². The lowest BCUT2D eigenvalue weighted by molar-refractivity contribution is -0.167. The Morgan fingerprint density at radius 3 is 1.11 bits per heavy atom. The largest absolute Gasteiger partial charge is 0.462 e. The van der Waals surface area contributed by atoms with Gasteiger partial charge < -0.3 is 14.2 Å². The molecular weight excluding hydrogens is 673 g/mol. The molecule has 0 fully saturated rings. The highest BCUT2D eigenvalue weighted by atomic mass is 16.6. The van der Waals surface area contributed by atoms with E-state index in [1.165, 1.54) is 109 Å². The standard InChI is InChI=1S/C48H86O6/c1-4-7-10-13-16-19-22-24-27-29-32-35-38-41-47(50)53-44-45(43-52-46(49)40-37-34-31-28-25-21-18-15-12-9-6-3)54-48(51)42-39-36-33-30-26-23-20-17-14-11-8-5-2/h15,18,21,24-25,27,45H,4-14,16-17,19-20,22-23,26,28-44H2,1-3H3/b18-15-,25-21-,27-24-. The molecule has 0 heterocycles. The van der Waals surface area contributed by atoms with E-state index in [1.807, 2.05) is 0 Å². The van der Waals surface area contributed by atoms with Gasteiger partial charge in [0.05, 0.1) is 0 Å². The summed E-state index contributed by atoms with van der Waals surface area (Å²) in [7, 11) is 0. The van der Waals surface area contributed by atoms with E-state index in [9.17, 15) is 14.4 Å². The number of hydrogen-bond acceptors (Lipinski definition) is 6. The lowest BCUT2D eigenvalue weighted by Crippen LogP contribution is -2.30. The van der Waals surface area contributed by atoms with Gasteiger partial charge in [0.25, 0.3) is 0 Å². The molecular formula is C48H86O6. The molecule has 6 heteroatoms. The molecule has 0 aliphatic carbocycles. The fourth-order valence-electron chi connectivity index (χ4n) is 6.35. The zero-order valence-electron chi connectivity index (χ0n) is 35.7. The number of carbonyl (C=O) groups excluding carboxylic acids is 3. The average Bonchev–Trinajstić information content (AvgIpc) is 3.17. The van der Waals surface area contributed by atoms with Crippen LogP contribution in [0.3, 0.4) is 0 Å². The second kappa shape index (κ2) is 43.4. The van der Waals surface area contributed by atoms with Crippen LogP contribution in [-0.2, 0) is 28.6 Å². The Morgan fingerprint density at radius 2 is 0.685 bits per heavy atom. The van der Waals surface area contributed by atoms with Crippen molar-refractivity contribution in [1.82, 2.24) is 0 Å². The SMILES string of the molecule is CCCC/C=C\C=C/CCCCCC(=O)OCC(COC(=O)CCCCC/C=C\CCCCCCCC)OC(=O)CCCCCCCCCCCCCC. The van der Waals surface area contributed by atoms with Crippen molar-refractivity contribution in [3.05, 3.63) is 36.5 Å². The van der Waals surface area contributed by atoms with Gasteiger partial charge in [0.2, 0.25) is 0 Å². The van der Waals surface area contributed by atoms with Gasteiger partial charge in [0.1, 0.15) is 13.2 Å². The van der Waals surface area contributed by atoms with Gasteiger partial charge in [-0.2, -0.15) is 0 Å². The number of carbonyl (C=O) groups is 3. The fourth-order valence-corrected chi connectivity index (χ4v) is 6.35. The van der Waals surface area contributed by atoms with E-state index in [1.54, 1.807) is 0 Å². The summed E-state index contributed by atoms with van der Waals surface area (Å²) < 4.78 is 16.7. The molecule has 6 nitrogen and oxygen atoms in total. The van der Waals surface area contributed by atoms with Gasteiger partial charge >= 0.3 is 17.9 Å². The van der Waals surface area contributed by atoms with Gasteiger partial charge in [0.15, 0.2) is 6.10 Å². The van der Waals surface area contributed by atoms with E-state index in [4.69, 9.17) is 14.2 Å². The summed E-state index contributed by atoms with van der Waals surface area (Å²) in [6.45, 7) is 6.53. The predicted molar refractivity (Wildman–Crippen MR) is 229 cm³/mol. The summed E-state index contributed by atoms with van der Waals surface area (Å²) in [6, 6.07) is 0. The molecule has 0 aliphatic heterocycles. The first-order valence-electron chi connectivity index (χ1n) is 23.0. The Kier molecular flexibility index (Phi) is 41.5. The third kappa shape index (κ3) is 40.8. The number of esters is 3. The molecule has 0 aromatic carbocycles. The molecule has 0 saturated heterocycles. The first kappa shape index (κ1) is 51.6. The Labute approximate surface area is 334 Å². The molecule has 0 radical (unpaired) electrons. The first-order chi connectivity index (χ1) is 26.5. The summed E-state index contributed by atoms with van der Waals surface area (Å²) in [5.41, 5.74) is 0. The topological polar surface area (TPSA) is 78.9 Å². The zero-order chi connectivity index (χ0) is 39.4. The van der Waals surface area contributed by atoms with Crippen molar-refractivity contribution in [1.29, 1.82) is 0 Å². The summed E-state index contributed by atoms with van der Waals surface area (Å²) in [5.74, 6) is -0.928. The summed E-state index contributed by atoms with van der Waals surface area (Å²) in [4.78, 5) is 37.7. The summed E-state index contributed by atoms with van der Waals surface area (Å²) >= 11 is 0. The molecule has 54 heavy (non-hydrogen) atoms. The molecule has 0 N–H and O–H groups in total. The van der Waals surface area contributed by atoms with Crippen molar-refractivity contribution in [2.24, 2.45) is 0 Å². The fraction of sp³-hybridized carbons (Fsp3) is 0.812. The Bertz CT molecular complexity index is 922. The monoisotopic (exact) mass is 759 g/mol. The Morgan fingerprint density at radius 1 is 0.370 bits per heavy atom. The van der Waals surface area contributed by atoms with Gasteiger partial charge in [-0.15, -0.1) is 0 Å². The van der Waals surface area contributed by atoms with E-state index in [2.05, 4.69) is 57.2 Å². The first-order valence-corrected chi connectivity index (χ1v) is 23.0. The zero-order valence-corrected chi connectivity index (χ0v) is 35.7. The molecule has 0 bridgehead atoms. The Balaban J connectivity index is 4.42. The van der Waals surface area contributed by atoms with Gasteiger partial charge in [-0.1, -0.05) is 186 Å². The number of ether oxygens (including phenoxy) is 3. The third-order valence-corrected chi connectivity index (χ3v) is 9.90. The highest BCUT2D eigenvalue weighted by molar-refractivity contribution is 5.71. The lowest BCUT2D eigenvalue weighted by atomic mass is 10.0. The highest BCUT2D eigenvalue weighted by Gasteiger charge is 2.19. The number of allylic oxidation sites excluding steroid dienone is 6. The van der Waals surface area contributed by atoms with E-state index < -0.39 is 6.10 Å². The third-order valence-electron chi connectivity index (χ3n) is 9.90. The second-order valence-corrected chi connectivity index (χ2v) is 15.3. The van der Waals surface area contributed by atoms with Crippen LogP contribution in [0.4, 0.5) is 0 Å². The molecule has 1 atom stereocenters. The molecule has 0 amide bonds. The molecule has 0 saturated carbocycles. The van der Waals surface area contributed by atoms with Crippen molar-refractivity contribution in [3.8, 4) is 0 Å². The average molecular weight is 759 g/mol. The van der Waals surface area contributed by atoms with Crippen LogP contribution < -0.4 is 0 Å². The van der Waals surface area contributed by atoms with Crippen molar-refractivity contribution < 1.29 is 28.6 Å². The predicted octanol–water partition coefficient (Wildman–Crippen LogP) is 14.6. The Hall–Kier alpha value is -2.37. The molecule has 0 aromatic heterocycles. The molecule has 0 rings (SSSR count). The van der Waals surface area contributed by atoms with Crippen LogP contribution in [-0.4, -0.2) is 37.2 Å². The minimum Gasteiger partial charge on any atom is -0.462 e. The van der Waals surface area contributed by atoms with Crippen LogP contribution in [0, 0.1) is 0 Å². The number of hydrogen-bond donors (Lipinski definition) is 0. The quantitative estimate of drug-likeness (QED) is 0.0203. The van der Waals surface area contributed by atoms with E-state index >= 15 is 0 Å². The maximum Gasteiger partial charge on any atom is 0.306 e. The van der Waals surface area contributed by atoms with Crippen LogP contribution in [0.25, 0.3) is 0 Å². The van der Waals surface area contributed by atoms with Crippen LogP contribution >= 0.6 is 0 Å². The molecule has 1 unspecified atom stereocenters. The minimum atomic E-state index is -0.782.